The number of aromatic nitrogens is 2. The van der Waals surface area contributed by atoms with Crippen LogP contribution < -0.4 is 5.32 Å². The Morgan fingerprint density at radius 2 is 1.70 bits per heavy atom. The van der Waals surface area contributed by atoms with Gasteiger partial charge < -0.3 is 5.32 Å². The summed E-state index contributed by atoms with van der Waals surface area (Å²) in [6, 6.07) is 13.1. The zero-order valence-corrected chi connectivity index (χ0v) is 20.9. The molecule has 1 amide bonds. The average molecular weight is 503 g/mol. The molecule has 7 heteroatoms. The van der Waals surface area contributed by atoms with Gasteiger partial charge in [-0.25, -0.2) is 4.68 Å². The molecule has 1 N–H and O–H groups in total. The predicted molar refractivity (Wildman–Crippen MR) is 138 cm³/mol. The summed E-state index contributed by atoms with van der Waals surface area (Å²) in [5.41, 5.74) is 4.65. The molecule has 0 unspecified atom stereocenters. The molecule has 0 radical (unpaired) electrons. The van der Waals surface area contributed by atoms with Crippen molar-refractivity contribution in [2.45, 2.75) is 52.0 Å². The molecule has 4 rings (SSSR count). The highest BCUT2D eigenvalue weighted by molar-refractivity contribution is 6.35. The van der Waals surface area contributed by atoms with Crippen molar-refractivity contribution in [1.82, 2.24) is 15.1 Å². The molecule has 1 aliphatic carbocycles. The highest BCUT2D eigenvalue weighted by Gasteiger charge is 2.25. The van der Waals surface area contributed by atoms with E-state index in [0.717, 1.165) is 48.1 Å². The Morgan fingerprint density at radius 1 is 1.03 bits per heavy atom. The molecule has 0 atom stereocenters. The lowest BCUT2D eigenvalue weighted by Crippen LogP contribution is -2.36. The highest BCUT2D eigenvalue weighted by Crippen LogP contribution is 2.31. The number of halogens is 3. The van der Waals surface area contributed by atoms with E-state index < -0.39 is 0 Å². The summed E-state index contributed by atoms with van der Waals surface area (Å²) in [6.07, 6.45) is 7.59. The third-order valence-electron chi connectivity index (χ3n) is 6.04. The van der Waals surface area contributed by atoms with Gasteiger partial charge in [0.2, 0.25) is 0 Å². The van der Waals surface area contributed by atoms with E-state index in [9.17, 15) is 4.79 Å². The van der Waals surface area contributed by atoms with Crippen LogP contribution in [0, 0.1) is 6.92 Å². The fourth-order valence-corrected chi connectivity index (χ4v) is 4.99. The molecule has 0 bridgehead atoms. The SMILES string of the molecule is CC(=Cc1ccc(Cl)cc1)c1c(C)c(C(=O)NC2CCCCC2)nn1-c1ccc(Cl)cc1Cl. The molecular weight excluding hydrogens is 477 g/mol. The van der Waals surface area contributed by atoms with Gasteiger partial charge in [0.1, 0.15) is 0 Å². The fourth-order valence-electron chi connectivity index (χ4n) is 4.38. The van der Waals surface area contributed by atoms with Gasteiger partial charge in [-0.05, 0) is 74.2 Å². The Hall–Kier alpha value is -2.27. The number of carbonyl (C=O) groups excluding carboxylic acids is 1. The van der Waals surface area contributed by atoms with Crippen LogP contribution in [0.2, 0.25) is 15.1 Å². The molecule has 1 aromatic heterocycles. The predicted octanol–water partition coefficient (Wildman–Crippen LogP) is 7.76. The molecule has 0 spiro atoms. The molecule has 172 valence electrons. The van der Waals surface area contributed by atoms with E-state index in [2.05, 4.69) is 5.32 Å². The zero-order valence-electron chi connectivity index (χ0n) is 18.7. The standard InChI is InChI=1S/C26H26Cl3N3O/c1-16(14-18-8-10-19(27)11-9-18)25-17(2)24(26(33)30-21-6-4-3-5-7-21)31-32(25)23-13-12-20(28)15-22(23)29/h8-15,21H,3-7H2,1-2H3,(H,30,33). The summed E-state index contributed by atoms with van der Waals surface area (Å²) in [7, 11) is 0. The van der Waals surface area contributed by atoms with Crippen LogP contribution in [-0.4, -0.2) is 21.7 Å². The maximum atomic E-state index is 13.2. The van der Waals surface area contributed by atoms with Crippen molar-refractivity contribution in [2.24, 2.45) is 0 Å². The van der Waals surface area contributed by atoms with Crippen LogP contribution in [0.1, 0.15) is 66.3 Å². The fraction of sp³-hybridized carbons (Fsp3) is 0.308. The van der Waals surface area contributed by atoms with Crippen molar-refractivity contribution < 1.29 is 4.79 Å². The molecule has 1 aliphatic rings. The van der Waals surface area contributed by atoms with Crippen LogP contribution in [0.4, 0.5) is 0 Å². The quantitative estimate of drug-likeness (QED) is 0.387. The van der Waals surface area contributed by atoms with E-state index in [-0.39, 0.29) is 11.9 Å². The maximum Gasteiger partial charge on any atom is 0.272 e. The first-order valence-corrected chi connectivity index (χ1v) is 12.3. The number of rotatable bonds is 5. The highest BCUT2D eigenvalue weighted by atomic mass is 35.5. The Bertz CT molecular complexity index is 1190. The number of hydrogen-bond donors (Lipinski definition) is 1. The molecule has 4 nitrogen and oxygen atoms in total. The summed E-state index contributed by atoms with van der Waals surface area (Å²) in [4.78, 5) is 13.2. The molecule has 1 saturated carbocycles. The summed E-state index contributed by atoms with van der Waals surface area (Å²) >= 11 is 18.7. The van der Waals surface area contributed by atoms with E-state index >= 15 is 0 Å². The van der Waals surface area contributed by atoms with E-state index in [1.807, 2.05) is 50.3 Å². The molecule has 2 aromatic carbocycles. The lowest BCUT2D eigenvalue weighted by Gasteiger charge is -2.22. The normalized spacial score (nSPS) is 15.0. The van der Waals surface area contributed by atoms with Gasteiger partial charge in [0.05, 0.1) is 16.4 Å². The number of allylic oxidation sites excluding steroid dienone is 1. The van der Waals surface area contributed by atoms with E-state index in [4.69, 9.17) is 39.9 Å². The van der Waals surface area contributed by atoms with Crippen molar-refractivity contribution in [3.63, 3.8) is 0 Å². The average Bonchev–Trinajstić information content (AvgIpc) is 3.13. The third kappa shape index (κ3) is 5.46. The topological polar surface area (TPSA) is 46.9 Å². The first kappa shape index (κ1) is 23.9. The summed E-state index contributed by atoms with van der Waals surface area (Å²) in [5, 5.41) is 9.60. The van der Waals surface area contributed by atoms with Crippen LogP contribution in [0.3, 0.4) is 0 Å². The van der Waals surface area contributed by atoms with Crippen molar-refractivity contribution in [1.29, 1.82) is 0 Å². The summed E-state index contributed by atoms with van der Waals surface area (Å²) < 4.78 is 1.74. The molecule has 1 fully saturated rings. The minimum absolute atomic E-state index is 0.149. The number of hydrogen-bond acceptors (Lipinski definition) is 2. The van der Waals surface area contributed by atoms with Gasteiger partial charge in [-0.15, -0.1) is 0 Å². The van der Waals surface area contributed by atoms with Gasteiger partial charge in [-0.2, -0.15) is 5.10 Å². The molecule has 3 aromatic rings. The summed E-state index contributed by atoms with van der Waals surface area (Å²) in [6.45, 7) is 3.93. The second-order valence-corrected chi connectivity index (χ2v) is 9.80. The second kappa shape index (κ2) is 10.3. The van der Waals surface area contributed by atoms with E-state index in [1.165, 1.54) is 6.42 Å². The Balaban J connectivity index is 1.78. The maximum absolute atomic E-state index is 13.2. The third-order valence-corrected chi connectivity index (χ3v) is 6.83. The van der Waals surface area contributed by atoms with Gasteiger partial charge in [-0.3, -0.25) is 4.79 Å². The van der Waals surface area contributed by atoms with Gasteiger partial charge in [0.25, 0.3) is 5.91 Å². The van der Waals surface area contributed by atoms with E-state index in [0.29, 0.717) is 26.4 Å². The molecule has 1 heterocycles. The van der Waals surface area contributed by atoms with Crippen molar-refractivity contribution in [2.75, 3.05) is 0 Å². The van der Waals surface area contributed by atoms with Gasteiger partial charge in [-0.1, -0.05) is 66.2 Å². The molecule has 33 heavy (non-hydrogen) atoms. The molecular formula is C26H26Cl3N3O. The number of amides is 1. The number of nitrogens with zero attached hydrogens (tertiary/aromatic N) is 2. The minimum atomic E-state index is -0.149. The minimum Gasteiger partial charge on any atom is -0.348 e. The van der Waals surface area contributed by atoms with Crippen LogP contribution >= 0.6 is 34.8 Å². The largest absolute Gasteiger partial charge is 0.348 e. The van der Waals surface area contributed by atoms with Gasteiger partial charge in [0.15, 0.2) is 5.69 Å². The Labute approximate surface area is 209 Å². The lowest BCUT2D eigenvalue weighted by atomic mass is 9.95. The van der Waals surface area contributed by atoms with Crippen LogP contribution in [0.5, 0.6) is 0 Å². The van der Waals surface area contributed by atoms with E-state index in [1.54, 1.807) is 16.8 Å². The number of carbonyl (C=O) groups is 1. The van der Waals surface area contributed by atoms with Crippen LogP contribution in [-0.2, 0) is 0 Å². The number of benzene rings is 2. The first-order chi connectivity index (χ1) is 15.8. The number of nitrogens with one attached hydrogen (secondary N) is 1. The second-order valence-electron chi connectivity index (χ2n) is 8.52. The van der Waals surface area contributed by atoms with Crippen LogP contribution in [0.15, 0.2) is 42.5 Å². The lowest BCUT2D eigenvalue weighted by molar-refractivity contribution is 0.0921. The zero-order chi connectivity index (χ0) is 23.5. The first-order valence-electron chi connectivity index (χ1n) is 11.1. The Morgan fingerprint density at radius 3 is 2.36 bits per heavy atom. The smallest absolute Gasteiger partial charge is 0.272 e. The van der Waals surface area contributed by atoms with Gasteiger partial charge >= 0.3 is 0 Å². The summed E-state index contributed by atoms with van der Waals surface area (Å²) in [5.74, 6) is -0.149. The molecule has 0 aliphatic heterocycles. The van der Waals surface area contributed by atoms with Crippen molar-refractivity contribution in [3.8, 4) is 5.69 Å². The van der Waals surface area contributed by atoms with Crippen molar-refractivity contribution in [3.05, 3.63) is 80.0 Å². The van der Waals surface area contributed by atoms with Crippen LogP contribution in [0.25, 0.3) is 17.3 Å². The van der Waals surface area contributed by atoms with Crippen molar-refractivity contribution >= 4 is 52.4 Å². The Kier molecular flexibility index (Phi) is 7.48. The monoisotopic (exact) mass is 501 g/mol. The molecule has 0 saturated heterocycles. The van der Waals surface area contributed by atoms with Gasteiger partial charge in [0, 0.05) is 21.7 Å².